The summed E-state index contributed by atoms with van der Waals surface area (Å²) < 4.78 is 0. The van der Waals surface area contributed by atoms with Crippen molar-refractivity contribution in [3.05, 3.63) is 0 Å². The highest BCUT2D eigenvalue weighted by Crippen LogP contribution is 2.34. The van der Waals surface area contributed by atoms with Gasteiger partial charge in [0.25, 0.3) is 0 Å². The van der Waals surface area contributed by atoms with Gasteiger partial charge in [-0.2, -0.15) is 0 Å². The summed E-state index contributed by atoms with van der Waals surface area (Å²) in [6, 6.07) is 0.593. The number of nitrogens with zero attached hydrogens (tertiary/aromatic N) is 1. The highest BCUT2D eigenvalue weighted by atomic mass is 16.2. The van der Waals surface area contributed by atoms with Crippen LogP contribution in [0.3, 0.4) is 0 Å². The maximum Gasteiger partial charge on any atom is 0.223 e. The molecule has 12 heavy (non-hydrogen) atoms. The topological polar surface area (TPSA) is 20.3 Å². The van der Waals surface area contributed by atoms with Crippen molar-refractivity contribution in [3.8, 4) is 0 Å². The van der Waals surface area contributed by atoms with Gasteiger partial charge in [-0.3, -0.25) is 4.79 Å². The van der Waals surface area contributed by atoms with E-state index in [2.05, 4.69) is 11.8 Å². The summed E-state index contributed by atoms with van der Waals surface area (Å²) in [6.45, 7) is 3.00. The molecule has 0 aromatic heterocycles. The molecule has 1 amide bonds. The van der Waals surface area contributed by atoms with Crippen molar-refractivity contribution >= 4 is 5.91 Å². The van der Waals surface area contributed by atoms with Crippen molar-refractivity contribution in [1.82, 2.24) is 4.90 Å². The van der Waals surface area contributed by atoms with Gasteiger partial charge in [0.15, 0.2) is 0 Å². The minimum absolute atomic E-state index is 0.401. The number of amides is 1. The Hall–Kier alpha value is -0.530. The van der Waals surface area contributed by atoms with Crippen molar-refractivity contribution in [2.45, 2.75) is 45.1 Å². The summed E-state index contributed by atoms with van der Waals surface area (Å²) in [7, 11) is 0. The number of rotatable bonds is 1. The van der Waals surface area contributed by atoms with Crippen LogP contribution >= 0.6 is 0 Å². The number of carbonyl (C=O) groups is 1. The van der Waals surface area contributed by atoms with Crippen molar-refractivity contribution < 1.29 is 4.79 Å². The quantitative estimate of drug-likeness (QED) is 0.583. The number of likely N-dealkylation sites (tertiary alicyclic amines) is 1. The Labute approximate surface area is 73.9 Å². The third-order valence-corrected chi connectivity index (χ3v) is 3.32. The van der Waals surface area contributed by atoms with Gasteiger partial charge in [0.2, 0.25) is 5.91 Å². The Balaban J connectivity index is 2.10. The van der Waals surface area contributed by atoms with Gasteiger partial charge in [-0.15, -0.1) is 0 Å². The van der Waals surface area contributed by atoms with Gasteiger partial charge in [0.1, 0.15) is 0 Å². The van der Waals surface area contributed by atoms with Gasteiger partial charge in [-0.05, 0) is 32.1 Å². The molecule has 0 unspecified atom stereocenters. The van der Waals surface area contributed by atoms with E-state index in [9.17, 15) is 4.79 Å². The predicted molar refractivity (Wildman–Crippen MR) is 47.8 cm³/mol. The Morgan fingerprint density at radius 1 is 1.50 bits per heavy atom. The smallest absolute Gasteiger partial charge is 0.223 e. The number of carbonyl (C=O) groups excluding carboxylic acids is 1. The largest absolute Gasteiger partial charge is 0.340 e. The second-order valence-corrected chi connectivity index (χ2v) is 4.07. The van der Waals surface area contributed by atoms with Crippen molar-refractivity contribution in [3.63, 3.8) is 0 Å². The predicted octanol–water partition coefficient (Wildman–Crippen LogP) is 1.80. The lowest BCUT2D eigenvalue weighted by Gasteiger charge is -2.42. The lowest BCUT2D eigenvalue weighted by molar-refractivity contribution is -0.139. The molecule has 1 saturated carbocycles. The molecule has 2 atom stereocenters. The molecule has 2 rings (SSSR count). The lowest BCUT2D eigenvalue weighted by Crippen LogP contribution is -2.48. The molecule has 1 aliphatic carbocycles. The van der Waals surface area contributed by atoms with Gasteiger partial charge < -0.3 is 4.90 Å². The van der Waals surface area contributed by atoms with E-state index in [1.54, 1.807) is 0 Å². The molecular formula is C10H17NO. The monoisotopic (exact) mass is 167 g/mol. The van der Waals surface area contributed by atoms with Crippen LogP contribution in [0.15, 0.2) is 0 Å². The lowest BCUT2D eigenvalue weighted by atomic mass is 9.79. The fourth-order valence-electron chi connectivity index (χ4n) is 2.73. The van der Waals surface area contributed by atoms with Crippen LogP contribution in [0.5, 0.6) is 0 Å². The first kappa shape index (κ1) is 8.09. The summed E-state index contributed by atoms with van der Waals surface area (Å²) in [5, 5.41) is 0. The van der Waals surface area contributed by atoms with Crippen LogP contribution in [0.25, 0.3) is 0 Å². The molecule has 0 radical (unpaired) electrons. The highest BCUT2D eigenvalue weighted by molar-refractivity contribution is 5.77. The normalized spacial score (nSPS) is 35.4. The van der Waals surface area contributed by atoms with E-state index in [1.165, 1.54) is 25.7 Å². The molecule has 0 aromatic carbocycles. The molecule has 1 heterocycles. The van der Waals surface area contributed by atoms with Crippen LogP contribution in [-0.2, 0) is 4.79 Å². The van der Waals surface area contributed by atoms with Crippen LogP contribution in [-0.4, -0.2) is 23.4 Å². The van der Waals surface area contributed by atoms with Crippen LogP contribution < -0.4 is 0 Å². The maximum absolute atomic E-state index is 11.6. The standard InChI is InChI=1S/C10H17NO/c1-2-11-9-5-3-4-8(6-9)7-10(11)12/h8-9H,2-7H2,1H3/t8-,9-/m1/s1. The molecule has 68 valence electrons. The number of fused-ring (bicyclic) bond motifs is 2. The zero-order valence-electron chi connectivity index (χ0n) is 7.75. The molecule has 2 bridgehead atoms. The van der Waals surface area contributed by atoms with Gasteiger partial charge in [0.05, 0.1) is 0 Å². The molecule has 0 spiro atoms. The second kappa shape index (κ2) is 3.08. The first-order chi connectivity index (χ1) is 5.81. The first-order valence-electron chi connectivity index (χ1n) is 5.10. The minimum atomic E-state index is 0.401. The molecule has 1 saturated heterocycles. The average Bonchev–Trinajstić information content (AvgIpc) is 2.04. The minimum Gasteiger partial charge on any atom is -0.340 e. The van der Waals surface area contributed by atoms with Gasteiger partial charge in [-0.25, -0.2) is 0 Å². The Kier molecular flexibility index (Phi) is 2.07. The molecule has 0 N–H and O–H groups in total. The van der Waals surface area contributed by atoms with Crippen LogP contribution in [0.4, 0.5) is 0 Å². The van der Waals surface area contributed by atoms with Crippen LogP contribution in [0.2, 0.25) is 0 Å². The fourth-order valence-corrected chi connectivity index (χ4v) is 2.73. The van der Waals surface area contributed by atoms with Gasteiger partial charge in [-0.1, -0.05) is 6.42 Å². The first-order valence-corrected chi connectivity index (χ1v) is 5.10. The van der Waals surface area contributed by atoms with Crippen LogP contribution in [0.1, 0.15) is 39.0 Å². The van der Waals surface area contributed by atoms with E-state index in [0.717, 1.165) is 18.9 Å². The third kappa shape index (κ3) is 1.23. The van der Waals surface area contributed by atoms with Crippen LogP contribution in [0, 0.1) is 5.92 Å². The Morgan fingerprint density at radius 2 is 2.33 bits per heavy atom. The fraction of sp³-hybridized carbons (Fsp3) is 0.900. The molecular weight excluding hydrogens is 150 g/mol. The van der Waals surface area contributed by atoms with Gasteiger partial charge >= 0.3 is 0 Å². The summed E-state index contributed by atoms with van der Waals surface area (Å²) in [6.07, 6.45) is 5.97. The summed E-state index contributed by atoms with van der Waals surface area (Å²) in [5.41, 5.74) is 0. The van der Waals surface area contributed by atoms with E-state index in [-0.39, 0.29) is 0 Å². The number of hydrogen-bond acceptors (Lipinski definition) is 1. The maximum atomic E-state index is 11.6. The van der Waals surface area contributed by atoms with E-state index >= 15 is 0 Å². The van der Waals surface area contributed by atoms with Gasteiger partial charge in [0, 0.05) is 19.0 Å². The molecule has 2 heteroatoms. The van der Waals surface area contributed by atoms with Crippen molar-refractivity contribution in [1.29, 1.82) is 0 Å². The Morgan fingerprint density at radius 3 is 3.08 bits per heavy atom. The summed E-state index contributed by atoms with van der Waals surface area (Å²) in [5.74, 6) is 1.12. The van der Waals surface area contributed by atoms with E-state index in [0.29, 0.717) is 11.9 Å². The average molecular weight is 167 g/mol. The molecule has 1 aliphatic heterocycles. The number of hydrogen-bond donors (Lipinski definition) is 0. The highest BCUT2D eigenvalue weighted by Gasteiger charge is 2.35. The summed E-state index contributed by atoms with van der Waals surface area (Å²) >= 11 is 0. The number of piperidine rings is 1. The molecule has 2 aliphatic rings. The van der Waals surface area contributed by atoms with Crippen molar-refractivity contribution in [2.24, 2.45) is 5.92 Å². The summed E-state index contributed by atoms with van der Waals surface area (Å²) in [4.78, 5) is 13.6. The molecule has 2 nitrogen and oxygen atoms in total. The third-order valence-electron chi connectivity index (χ3n) is 3.32. The van der Waals surface area contributed by atoms with E-state index in [4.69, 9.17) is 0 Å². The van der Waals surface area contributed by atoms with Crippen molar-refractivity contribution in [2.75, 3.05) is 6.54 Å². The zero-order chi connectivity index (χ0) is 8.55. The Bertz CT molecular complexity index is 190. The SMILES string of the molecule is CCN1C(=O)C[C@@H]2CCC[C@@H]1C2. The molecule has 2 fully saturated rings. The second-order valence-electron chi connectivity index (χ2n) is 4.07. The molecule has 0 aromatic rings. The van der Waals surface area contributed by atoms with E-state index in [1.807, 2.05) is 0 Å². The zero-order valence-corrected chi connectivity index (χ0v) is 7.75. The van der Waals surface area contributed by atoms with E-state index < -0.39 is 0 Å².